The van der Waals surface area contributed by atoms with Gasteiger partial charge in [0, 0.05) is 17.1 Å². The van der Waals surface area contributed by atoms with Crippen molar-refractivity contribution in [3.8, 4) is 0 Å². The molecule has 226 valence electrons. The van der Waals surface area contributed by atoms with Crippen LogP contribution in [-0.4, -0.2) is 43.3 Å². The highest BCUT2D eigenvalue weighted by Gasteiger charge is 2.35. The van der Waals surface area contributed by atoms with Crippen LogP contribution in [0.15, 0.2) is 77.7 Å². The predicted molar refractivity (Wildman–Crippen MR) is 157 cm³/mol. The van der Waals surface area contributed by atoms with E-state index in [1.54, 1.807) is 64.1 Å². The molecule has 3 aromatic rings. The van der Waals surface area contributed by atoms with E-state index < -0.39 is 51.7 Å². The van der Waals surface area contributed by atoms with Gasteiger partial charge in [-0.3, -0.25) is 13.9 Å². The zero-order valence-electron chi connectivity index (χ0n) is 23.9. The van der Waals surface area contributed by atoms with Crippen molar-refractivity contribution in [2.75, 3.05) is 10.8 Å². The van der Waals surface area contributed by atoms with Crippen LogP contribution in [-0.2, 0) is 32.3 Å². The van der Waals surface area contributed by atoms with E-state index in [4.69, 9.17) is 11.6 Å². The highest BCUT2D eigenvalue weighted by molar-refractivity contribution is 7.92. The van der Waals surface area contributed by atoms with Crippen molar-refractivity contribution >= 4 is 39.1 Å². The second kappa shape index (κ2) is 12.7. The molecular weight excluding hydrogens is 591 g/mol. The van der Waals surface area contributed by atoms with Gasteiger partial charge in [-0.25, -0.2) is 8.42 Å². The average molecular weight is 624 g/mol. The fourth-order valence-electron chi connectivity index (χ4n) is 4.05. The van der Waals surface area contributed by atoms with Gasteiger partial charge in [-0.2, -0.15) is 13.2 Å². The number of rotatable bonds is 9. The van der Waals surface area contributed by atoms with Crippen LogP contribution < -0.4 is 9.62 Å². The molecule has 7 nitrogen and oxygen atoms in total. The standard InChI is InChI=1S/C30H33ClF3N3O4S/c1-20-9-15-26(16-10-20)42(40,41)37(25-8-6-7-23(17-25)30(32,33)34)19-27(38)36(18-22-11-13-24(31)14-12-22)21(2)28(39)35-29(3,4)5/h6-17,21H,18-19H2,1-5H3,(H,35,39). The van der Waals surface area contributed by atoms with E-state index >= 15 is 0 Å². The zero-order chi connectivity index (χ0) is 31.5. The first-order valence-electron chi connectivity index (χ1n) is 13.0. The van der Waals surface area contributed by atoms with Crippen LogP contribution in [0.3, 0.4) is 0 Å². The lowest BCUT2D eigenvalue weighted by Crippen LogP contribution is -2.54. The summed E-state index contributed by atoms with van der Waals surface area (Å²) >= 11 is 6.00. The first-order chi connectivity index (χ1) is 19.4. The summed E-state index contributed by atoms with van der Waals surface area (Å²) in [5, 5.41) is 3.26. The molecule has 3 rings (SSSR count). The van der Waals surface area contributed by atoms with E-state index in [0.29, 0.717) is 21.0 Å². The van der Waals surface area contributed by atoms with Crippen LogP contribution in [0, 0.1) is 6.92 Å². The molecule has 3 aromatic carbocycles. The Kier molecular flexibility index (Phi) is 10.00. The summed E-state index contributed by atoms with van der Waals surface area (Å²) in [5.74, 6) is -1.29. The fourth-order valence-corrected chi connectivity index (χ4v) is 5.58. The minimum atomic E-state index is -4.75. The Morgan fingerprint density at radius 2 is 1.55 bits per heavy atom. The lowest BCUT2D eigenvalue weighted by molar-refractivity contribution is -0.140. The van der Waals surface area contributed by atoms with E-state index in [2.05, 4.69) is 5.32 Å². The van der Waals surface area contributed by atoms with Gasteiger partial charge in [-0.1, -0.05) is 47.5 Å². The number of aryl methyl sites for hydroxylation is 1. The summed E-state index contributed by atoms with van der Waals surface area (Å²) < 4.78 is 69.1. The monoisotopic (exact) mass is 623 g/mol. The summed E-state index contributed by atoms with van der Waals surface area (Å²) in [7, 11) is -4.51. The number of alkyl halides is 3. The molecule has 0 aliphatic carbocycles. The number of anilines is 1. The number of sulfonamides is 1. The van der Waals surface area contributed by atoms with Crippen molar-refractivity contribution in [2.45, 2.75) is 63.8 Å². The van der Waals surface area contributed by atoms with E-state index in [9.17, 15) is 31.2 Å². The summed E-state index contributed by atoms with van der Waals surface area (Å²) in [6.07, 6.45) is -4.75. The second-order valence-electron chi connectivity index (χ2n) is 10.9. The van der Waals surface area contributed by atoms with E-state index in [1.807, 2.05) is 0 Å². The molecule has 0 heterocycles. The number of nitrogens with one attached hydrogen (secondary N) is 1. The van der Waals surface area contributed by atoms with Crippen molar-refractivity contribution in [3.05, 3.63) is 94.5 Å². The molecule has 0 aromatic heterocycles. The normalized spacial score (nSPS) is 12.9. The number of halogens is 4. The van der Waals surface area contributed by atoms with E-state index in [-0.39, 0.29) is 17.1 Å². The Balaban J connectivity index is 2.10. The number of amides is 2. The van der Waals surface area contributed by atoms with Gasteiger partial charge in [-0.15, -0.1) is 0 Å². The van der Waals surface area contributed by atoms with Crippen LogP contribution in [0.5, 0.6) is 0 Å². The van der Waals surface area contributed by atoms with E-state index in [1.165, 1.54) is 30.0 Å². The maximum atomic E-state index is 13.9. The Morgan fingerprint density at radius 3 is 2.10 bits per heavy atom. The van der Waals surface area contributed by atoms with Gasteiger partial charge >= 0.3 is 6.18 Å². The highest BCUT2D eigenvalue weighted by Crippen LogP contribution is 2.33. The number of hydrogen-bond acceptors (Lipinski definition) is 4. The van der Waals surface area contributed by atoms with Gasteiger partial charge in [0.1, 0.15) is 12.6 Å². The Bertz CT molecular complexity index is 1520. The molecule has 12 heteroatoms. The smallest absolute Gasteiger partial charge is 0.350 e. The third-order valence-corrected chi connectivity index (χ3v) is 8.32. The number of carbonyl (C=O) groups excluding carboxylic acids is 2. The largest absolute Gasteiger partial charge is 0.416 e. The molecule has 0 aliphatic heterocycles. The second-order valence-corrected chi connectivity index (χ2v) is 13.2. The maximum absolute atomic E-state index is 13.9. The molecule has 2 amide bonds. The molecule has 1 N–H and O–H groups in total. The van der Waals surface area contributed by atoms with Crippen molar-refractivity contribution < 1.29 is 31.2 Å². The SMILES string of the molecule is Cc1ccc(S(=O)(=O)N(CC(=O)N(Cc2ccc(Cl)cc2)C(C)C(=O)NC(C)(C)C)c2cccc(C(F)(F)F)c2)cc1. The summed E-state index contributed by atoms with van der Waals surface area (Å²) in [6, 6.07) is 15.0. The highest BCUT2D eigenvalue weighted by atomic mass is 35.5. The van der Waals surface area contributed by atoms with Crippen molar-refractivity contribution in [1.82, 2.24) is 10.2 Å². The molecular formula is C30H33ClF3N3O4S. The van der Waals surface area contributed by atoms with Crippen molar-refractivity contribution in [1.29, 1.82) is 0 Å². The summed E-state index contributed by atoms with van der Waals surface area (Å²) in [5.41, 5.74) is -0.678. The van der Waals surface area contributed by atoms with Crippen LogP contribution >= 0.6 is 11.6 Å². The summed E-state index contributed by atoms with van der Waals surface area (Å²) in [6.45, 7) is 7.61. The molecule has 1 atom stereocenters. The first-order valence-corrected chi connectivity index (χ1v) is 14.8. The third-order valence-electron chi connectivity index (χ3n) is 6.28. The molecule has 1 unspecified atom stereocenters. The molecule has 0 spiro atoms. The Labute approximate surface area is 249 Å². The third kappa shape index (κ3) is 8.48. The van der Waals surface area contributed by atoms with Crippen molar-refractivity contribution in [3.63, 3.8) is 0 Å². The first kappa shape index (κ1) is 32.9. The number of hydrogen-bond donors (Lipinski definition) is 1. The van der Waals surface area contributed by atoms with Crippen LogP contribution in [0.25, 0.3) is 0 Å². The van der Waals surface area contributed by atoms with Gasteiger partial charge in [0.25, 0.3) is 10.0 Å². The minimum Gasteiger partial charge on any atom is -0.350 e. The predicted octanol–water partition coefficient (Wildman–Crippen LogP) is 6.19. The summed E-state index contributed by atoms with van der Waals surface area (Å²) in [4.78, 5) is 28.0. The van der Waals surface area contributed by atoms with Crippen LogP contribution in [0.4, 0.5) is 18.9 Å². The number of benzene rings is 3. The Morgan fingerprint density at radius 1 is 0.952 bits per heavy atom. The fraction of sp³-hybridized carbons (Fsp3) is 0.333. The van der Waals surface area contributed by atoms with E-state index in [0.717, 1.165) is 17.7 Å². The van der Waals surface area contributed by atoms with Gasteiger partial charge < -0.3 is 10.2 Å². The molecule has 0 radical (unpaired) electrons. The zero-order valence-corrected chi connectivity index (χ0v) is 25.4. The number of nitrogens with zero attached hydrogens (tertiary/aromatic N) is 2. The van der Waals surface area contributed by atoms with Gasteiger partial charge in [0.15, 0.2) is 0 Å². The Hall–Kier alpha value is -3.57. The molecule has 0 bridgehead atoms. The lowest BCUT2D eigenvalue weighted by Gasteiger charge is -2.33. The van der Waals surface area contributed by atoms with Crippen molar-refractivity contribution in [2.24, 2.45) is 0 Å². The molecule has 0 saturated carbocycles. The van der Waals surface area contributed by atoms with Crippen LogP contribution in [0.1, 0.15) is 44.4 Å². The molecule has 0 saturated heterocycles. The molecule has 0 aliphatic rings. The molecule has 0 fully saturated rings. The lowest BCUT2D eigenvalue weighted by atomic mass is 10.1. The maximum Gasteiger partial charge on any atom is 0.416 e. The topological polar surface area (TPSA) is 86.8 Å². The van der Waals surface area contributed by atoms with Gasteiger partial charge in [0.05, 0.1) is 16.1 Å². The minimum absolute atomic E-state index is 0.0876. The average Bonchev–Trinajstić information content (AvgIpc) is 2.89. The number of carbonyl (C=O) groups is 2. The van der Waals surface area contributed by atoms with Gasteiger partial charge in [0.2, 0.25) is 11.8 Å². The van der Waals surface area contributed by atoms with Crippen LogP contribution in [0.2, 0.25) is 5.02 Å². The quantitative estimate of drug-likeness (QED) is 0.308. The van der Waals surface area contributed by atoms with Gasteiger partial charge in [-0.05, 0) is 82.6 Å². The molecule has 42 heavy (non-hydrogen) atoms.